The van der Waals surface area contributed by atoms with Gasteiger partial charge in [0.25, 0.3) is 5.91 Å². The van der Waals surface area contributed by atoms with Gasteiger partial charge in [-0.2, -0.15) is 5.10 Å². The Morgan fingerprint density at radius 1 is 1.42 bits per heavy atom. The molecule has 8 heteroatoms. The van der Waals surface area contributed by atoms with Gasteiger partial charge in [0, 0.05) is 48.5 Å². The zero-order chi connectivity index (χ0) is 17.1. The van der Waals surface area contributed by atoms with Gasteiger partial charge in [-0.3, -0.25) is 14.7 Å². The standard InChI is InChI=1S/C16H18ClN5O2/c1-22(9-14(23)19-11-4-2-3-10(17)7-11)16(24)15-12-8-18-6-5-13(12)20-21-15/h2-4,7,18H,5-6,8-9H2,1H3,(H,19,23)(H,20,21). The third-order valence-corrected chi connectivity index (χ3v) is 4.08. The van der Waals surface area contributed by atoms with Crippen molar-refractivity contribution in [2.24, 2.45) is 0 Å². The molecule has 2 amide bonds. The average molecular weight is 348 g/mol. The smallest absolute Gasteiger partial charge is 0.274 e. The lowest BCUT2D eigenvalue weighted by Gasteiger charge is -2.18. The molecule has 126 valence electrons. The molecule has 0 saturated carbocycles. The number of carbonyl (C=O) groups is 2. The van der Waals surface area contributed by atoms with Crippen molar-refractivity contribution in [3.05, 3.63) is 46.2 Å². The van der Waals surface area contributed by atoms with Gasteiger partial charge in [-0.1, -0.05) is 17.7 Å². The summed E-state index contributed by atoms with van der Waals surface area (Å²) in [6.07, 6.45) is 0.814. The van der Waals surface area contributed by atoms with Gasteiger partial charge in [0.1, 0.15) is 0 Å². The number of aromatic nitrogens is 2. The van der Waals surface area contributed by atoms with Gasteiger partial charge in [-0.05, 0) is 18.2 Å². The number of aromatic amines is 1. The van der Waals surface area contributed by atoms with E-state index in [4.69, 9.17) is 11.6 Å². The van der Waals surface area contributed by atoms with Gasteiger partial charge in [-0.25, -0.2) is 0 Å². The molecular formula is C16H18ClN5O2. The Morgan fingerprint density at radius 2 is 2.25 bits per heavy atom. The minimum Gasteiger partial charge on any atom is -0.331 e. The molecule has 24 heavy (non-hydrogen) atoms. The molecule has 3 N–H and O–H groups in total. The number of hydrogen-bond donors (Lipinski definition) is 3. The van der Waals surface area contributed by atoms with Crippen molar-refractivity contribution in [2.45, 2.75) is 13.0 Å². The quantitative estimate of drug-likeness (QED) is 0.780. The lowest BCUT2D eigenvalue weighted by atomic mass is 10.1. The molecule has 0 atom stereocenters. The highest BCUT2D eigenvalue weighted by molar-refractivity contribution is 6.30. The fraction of sp³-hybridized carbons (Fsp3) is 0.312. The minimum atomic E-state index is -0.296. The van der Waals surface area contributed by atoms with Crippen LogP contribution in [-0.2, 0) is 17.8 Å². The first-order chi connectivity index (χ1) is 11.5. The number of anilines is 1. The molecule has 3 rings (SSSR count). The van der Waals surface area contributed by atoms with Crippen LogP contribution < -0.4 is 10.6 Å². The van der Waals surface area contributed by atoms with Gasteiger partial charge in [0.2, 0.25) is 5.91 Å². The predicted molar refractivity (Wildman–Crippen MR) is 91.0 cm³/mol. The van der Waals surface area contributed by atoms with E-state index in [1.807, 2.05) is 0 Å². The van der Waals surface area contributed by atoms with Gasteiger partial charge < -0.3 is 15.5 Å². The molecule has 0 spiro atoms. The second-order valence-corrected chi connectivity index (χ2v) is 6.11. The van der Waals surface area contributed by atoms with E-state index in [0.717, 1.165) is 24.2 Å². The van der Waals surface area contributed by atoms with Crippen molar-refractivity contribution < 1.29 is 9.59 Å². The maximum atomic E-state index is 12.5. The van der Waals surface area contributed by atoms with E-state index < -0.39 is 0 Å². The highest BCUT2D eigenvalue weighted by Crippen LogP contribution is 2.17. The molecule has 7 nitrogen and oxygen atoms in total. The molecule has 0 unspecified atom stereocenters. The highest BCUT2D eigenvalue weighted by atomic mass is 35.5. The van der Waals surface area contributed by atoms with Gasteiger partial charge in [0.05, 0.1) is 6.54 Å². The number of hydrogen-bond acceptors (Lipinski definition) is 4. The first-order valence-electron chi connectivity index (χ1n) is 7.62. The lowest BCUT2D eigenvalue weighted by Crippen LogP contribution is -2.36. The second-order valence-electron chi connectivity index (χ2n) is 5.68. The summed E-state index contributed by atoms with van der Waals surface area (Å²) in [5, 5.41) is 13.5. The molecule has 0 aliphatic carbocycles. The van der Waals surface area contributed by atoms with E-state index in [0.29, 0.717) is 22.9 Å². The van der Waals surface area contributed by atoms with Crippen LogP contribution in [0.2, 0.25) is 5.02 Å². The first-order valence-corrected chi connectivity index (χ1v) is 8.00. The Labute approximate surface area is 144 Å². The number of carbonyl (C=O) groups excluding carboxylic acids is 2. The zero-order valence-electron chi connectivity index (χ0n) is 13.2. The monoisotopic (exact) mass is 347 g/mol. The zero-order valence-corrected chi connectivity index (χ0v) is 14.0. The van der Waals surface area contributed by atoms with E-state index in [1.54, 1.807) is 31.3 Å². The van der Waals surface area contributed by atoms with Crippen LogP contribution >= 0.6 is 11.6 Å². The highest BCUT2D eigenvalue weighted by Gasteiger charge is 2.24. The van der Waals surface area contributed by atoms with Crippen molar-refractivity contribution in [3.63, 3.8) is 0 Å². The number of likely N-dealkylation sites (N-methyl/N-ethyl adjacent to an activating group) is 1. The van der Waals surface area contributed by atoms with Crippen molar-refractivity contribution in [1.29, 1.82) is 0 Å². The molecular weight excluding hydrogens is 330 g/mol. The average Bonchev–Trinajstić information content (AvgIpc) is 2.98. The molecule has 1 aliphatic heterocycles. The summed E-state index contributed by atoms with van der Waals surface area (Å²) in [7, 11) is 1.58. The third-order valence-electron chi connectivity index (χ3n) is 3.84. The number of nitrogens with one attached hydrogen (secondary N) is 3. The second kappa shape index (κ2) is 7.02. The summed E-state index contributed by atoms with van der Waals surface area (Å²) in [4.78, 5) is 26.0. The van der Waals surface area contributed by atoms with Gasteiger partial charge in [-0.15, -0.1) is 0 Å². The van der Waals surface area contributed by atoms with Crippen LogP contribution in [0.25, 0.3) is 0 Å². The van der Waals surface area contributed by atoms with Crippen LogP contribution in [0.15, 0.2) is 24.3 Å². The molecule has 1 aliphatic rings. The van der Waals surface area contributed by atoms with Gasteiger partial charge in [0.15, 0.2) is 5.69 Å². The molecule has 0 fully saturated rings. The van der Waals surface area contributed by atoms with Crippen LogP contribution in [0.5, 0.6) is 0 Å². The summed E-state index contributed by atoms with van der Waals surface area (Å²) in [5.74, 6) is -0.576. The third kappa shape index (κ3) is 3.58. The van der Waals surface area contributed by atoms with Crippen molar-refractivity contribution in [2.75, 3.05) is 25.5 Å². The number of benzene rings is 1. The van der Waals surface area contributed by atoms with Crippen LogP contribution in [-0.4, -0.2) is 47.0 Å². The molecule has 1 aromatic carbocycles. The van der Waals surface area contributed by atoms with E-state index in [1.165, 1.54) is 4.90 Å². The number of amides is 2. The topological polar surface area (TPSA) is 90.1 Å². The van der Waals surface area contributed by atoms with E-state index in [2.05, 4.69) is 20.8 Å². The molecule has 0 saturated heterocycles. The first kappa shape index (κ1) is 16.5. The number of H-pyrrole nitrogens is 1. The summed E-state index contributed by atoms with van der Waals surface area (Å²) in [6, 6.07) is 6.86. The number of nitrogens with zero attached hydrogens (tertiary/aromatic N) is 2. The Hall–Kier alpha value is -2.38. The summed E-state index contributed by atoms with van der Waals surface area (Å²) < 4.78 is 0. The van der Waals surface area contributed by atoms with Crippen molar-refractivity contribution in [3.8, 4) is 0 Å². The fourth-order valence-corrected chi connectivity index (χ4v) is 2.83. The number of fused-ring (bicyclic) bond motifs is 1. The largest absolute Gasteiger partial charge is 0.331 e. The van der Waals surface area contributed by atoms with Crippen LogP contribution in [0, 0.1) is 0 Å². The van der Waals surface area contributed by atoms with E-state index in [9.17, 15) is 9.59 Å². The SMILES string of the molecule is CN(CC(=O)Nc1cccc(Cl)c1)C(=O)c1n[nH]c2c1CNCC2. The molecule has 0 bridgehead atoms. The maximum absolute atomic E-state index is 12.5. The summed E-state index contributed by atoms with van der Waals surface area (Å²) in [5.41, 5.74) is 2.83. The van der Waals surface area contributed by atoms with Crippen LogP contribution in [0.3, 0.4) is 0 Å². The van der Waals surface area contributed by atoms with Gasteiger partial charge >= 0.3 is 0 Å². The van der Waals surface area contributed by atoms with E-state index in [-0.39, 0.29) is 18.4 Å². The number of halogens is 1. The molecule has 0 radical (unpaired) electrons. The lowest BCUT2D eigenvalue weighted by molar-refractivity contribution is -0.116. The Morgan fingerprint density at radius 3 is 3.04 bits per heavy atom. The molecule has 1 aromatic heterocycles. The minimum absolute atomic E-state index is 0.0690. The Balaban J connectivity index is 1.64. The fourth-order valence-electron chi connectivity index (χ4n) is 2.64. The van der Waals surface area contributed by atoms with Crippen LogP contribution in [0.4, 0.5) is 5.69 Å². The van der Waals surface area contributed by atoms with Crippen molar-refractivity contribution >= 4 is 29.1 Å². The van der Waals surface area contributed by atoms with Crippen molar-refractivity contribution in [1.82, 2.24) is 20.4 Å². The molecule has 2 heterocycles. The summed E-state index contributed by atoms with van der Waals surface area (Å²) in [6.45, 7) is 1.40. The van der Waals surface area contributed by atoms with E-state index >= 15 is 0 Å². The maximum Gasteiger partial charge on any atom is 0.274 e. The van der Waals surface area contributed by atoms with Crippen LogP contribution in [0.1, 0.15) is 21.7 Å². The Bertz CT molecular complexity index is 774. The predicted octanol–water partition coefficient (Wildman–Crippen LogP) is 1.42. The summed E-state index contributed by atoms with van der Waals surface area (Å²) >= 11 is 5.89. The normalized spacial score (nSPS) is 13.2. The Kier molecular flexibility index (Phi) is 4.82. The molecule has 2 aromatic rings. The number of rotatable bonds is 4.